The highest BCUT2D eigenvalue weighted by molar-refractivity contribution is 7.89. The lowest BCUT2D eigenvalue weighted by molar-refractivity contribution is -0.123. The fourth-order valence-corrected chi connectivity index (χ4v) is 6.16. The molecule has 0 spiro atoms. The summed E-state index contributed by atoms with van der Waals surface area (Å²) in [5.74, 6) is -0.0121. The molecule has 10 heteroatoms. The summed E-state index contributed by atoms with van der Waals surface area (Å²) in [7, 11) is -2.20. The molecule has 36 heavy (non-hydrogen) atoms. The third kappa shape index (κ3) is 6.83. The molecular formula is C26H36N4O5S. The molecule has 3 N–H and O–H groups in total. The number of hydrogen-bond donors (Lipinski definition) is 3. The van der Waals surface area contributed by atoms with Crippen molar-refractivity contribution in [2.24, 2.45) is 5.92 Å². The average molecular weight is 517 g/mol. The van der Waals surface area contributed by atoms with Gasteiger partial charge in [0.25, 0.3) is 5.91 Å². The minimum Gasteiger partial charge on any atom is -0.482 e. The predicted molar refractivity (Wildman–Crippen MR) is 137 cm³/mol. The average Bonchev–Trinajstić information content (AvgIpc) is 3.39. The zero-order valence-electron chi connectivity index (χ0n) is 20.7. The van der Waals surface area contributed by atoms with Crippen molar-refractivity contribution < 1.29 is 23.1 Å². The molecule has 2 aromatic carbocycles. The van der Waals surface area contributed by atoms with Gasteiger partial charge in [-0.3, -0.25) is 9.69 Å². The van der Waals surface area contributed by atoms with Crippen LogP contribution in [0.1, 0.15) is 17.5 Å². The molecule has 2 heterocycles. The van der Waals surface area contributed by atoms with Crippen LogP contribution in [-0.4, -0.2) is 87.7 Å². The van der Waals surface area contributed by atoms with Crippen LogP contribution < -0.4 is 15.4 Å². The SMILES string of the molecule is CN(CC1CCNC1)S(=O)(=O)c1ccccc1OCC(=O)NCC(O)CN1CCc2ccccc2C1. The van der Waals surface area contributed by atoms with E-state index in [1.807, 2.05) is 12.1 Å². The fraction of sp³-hybridized carbons (Fsp3) is 0.500. The van der Waals surface area contributed by atoms with Crippen LogP contribution in [-0.2, 0) is 27.8 Å². The minimum atomic E-state index is -3.77. The molecule has 1 amide bonds. The molecule has 1 fully saturated rings. The first kappa shape index (κ1) is 26.6. The first-order chi connectivity index (χ1) is 17.3. The molecule has 2 aromatic rings. The number of aliphatic hydroxyl groups excluding tert-OH is 1. The lowest BCUT2D eigenvalue weighted by atomic mass is 10.00. The summed E-state index contributed by atoms with van der Waals surface area (Å²) in [6.45, 7) is 3.97. The molecule has 9 nitrogen and oxygen atoms in total. The lowest BCUT2D eigenvalue weighted by Crippen LogP contribution is -2.43. The van der Waals surface area contributed by atoms with Gasteiger partial charge in [0, 0.05) is 39.8 Å². The van der Waals surface area contributed by atoms with E-state index in [1.54, 1.807) is 25.2 Å². The second kappa shape index (κ2) is 12.2. The standard InChI is InChI=1S/C26H36N4O5S/c1-29(16-20-10-12-27-14-20)36(33,34)25-9-5-4-8-24(25)35-19-26(32)28-15-23(31)18-30-13-11-21-6-2-3-7-22(21)17-30/h2-9,20,23,27,31H,10-19H2,1H3,(H,28,32). The Morgan fingerprint density at radius 2 is 1.97 bits per heavy atom. The molecule has 1 saturated heterocycles. The Balaban J connectivity index is 1.25. The largest absolute Gasteiger partial charge is 0.482 e. The van der Waals surface area contributed by atoms with E-state index in [2.05, 4.69) is 27.7 Å². The maximum Gasteiger partial charge on any atom is 0.258 e. The molecule has 2 unspecified atom stereocenters. The van der Waals surface area contributed by atoms with Crippen LogP contribution in [0.25, 0.3) is 0 Å². The fourth-order valence-electron chi connectivity index (χ4n) is 4.78. The van der Waals surface area contributed by atoms with Crippen LogP contribution in [0.4, 0.5) is 0 Å². The molecule has 0 radical (unpaired) electrons. The Bertz CT molecular complexity index is 1140. The van der Waals surface area contributed by atoms with E-state index >= 15 is 0 Å². The molecule has 0 aromatic heterocycles. The van der Waals surface area contributed by atoms with E-state index in [0.29, 0.717) is 13.1 Å². The topological polar surface area (TPSA) is 111 Å². The summed E-state index contributed by atoms with van der Waals surface area (Å²) < 4.78 is 33.3. The zero-order valence-corrected chi connectivity index (χ0v) is 21.5. The van der Waals surface area contributed by atoms with E-state index in [-0.39, 0.29) is 29.7 Å². The van der Waals surface area contributed by atoms with Crippen LogP contribution >= 0.6 is 0 Å². The smallest absolute Gasteiger partial charge is 0.258 e. The van der Waals surface area contributed by atoms with E-state index < -0.39 is 22.0 Å². The highest BCUT2D eigenvalue weighted by atomic mass is 32.2. The Morgan fingerprint density at radius 1 is 1.22 bits per heavy atom. The molecule has 2 atom stereocenters. The van der Waals surface area contributed by atoms with Crippen molar-refractivity contribution in [2.45, 2.75) is 30.4 Å². The second-order valence-corrected chi connectivity index (χ2v) is 11.6. The van der Waals surface area contributed by atoms with Crippen LogP contribution in [0.15, 0.2) is 53.4 Å². The number of β-amino-alcohol motifs (C(OH)–C–C–N with tert-alkyl or cyclic N) is 1. The van der Waals surface area contributed by atoms with E-state index in [4.69, 9.17) is 4.74 Å². The number of ether oxygens (including phenoxy) is 1. The van der Waals surface area contributed by atoms with Crippen molar-refractivity contribution in [3.63, 3.8) is 0 Å². The number of amides is 1. The summed E-state index contributed by atoms with van der Waals surface area (Å²) in [6.07, 6.45) is 1.17. The normalized spacial score (nSPS) is 19.1. The molecule has 2 aliphatic rings. The van der Waals surface area contributed by atoms with E-state index in [9.17, 15) is 18.3 Å². The van der Waals surface area contributed by atoms with Crippen molar-refractivity contribution in [3.05, 3.63) is 59.7 Å². The highest BCUT2D eigenvalue weighted by Crippen LogP contribution is 2.27. The third-order valence-electron chi connectivity index (χ3n) is 6.79. The monoisotopic (exact) mass is 516 g/mol. The minimum absolute atomic E-state index is 0.0386. The van der Waals surface area contributed by atoms with Gasteiger partial charge in [0.2, 0.25) is 10.0 Å². The Labute approximate surface area is 213 Å². The van der Waals surface area contributed by atoms with Gasteiger partial charge in [0.15, 0.2) is 6.61 Å². The van der Waals surface area contributed by atoms with Gasteiger partial charge in [-0.2, -0.15) is 0 Å². The molecule has 196 valence electrons. The van der Waals surface area contributed by atoms with Crippen molar-refractivity contribution in [1.29, 1.82) is 0 Å². The van der Waals surface area contributed by atoms with Gasteiger partial charge in [-0.05, 0) is 55.1 Å². The van der Waals surface area contributed by atoms with Crippen LogP contribution in [0.2, 0.25) is 0 Å². The van der Waals surface area contributed by atoms with Crippen molar-refractivity contribution >= 4 is 15.9 Å². The number of rotatable bonds is 11. The molecule has 2 aliphatic heterocycles. The Morgan fingerprint density at radius 3 is 2.75 bits per heavy atom. The summed E-state index contributed by atoms with van der Waals surface area (Å²) in [5, 5.41) is 16.4. The zero-order chi connectivity index (χ0) is 25.5. The first-order valence-corrected chi connectivity index (χ1v) is 13.9. The van der Waals surface area contributed by atoms with Crippen molar-refractivity contribution in [1.82, 2.24) is 19.8 Å². The third-order valence-corrected chi connectivity index (χ3v) is 8.65. The van der Waals surface area contributed by atoms with Gasteiger partial charge in [0.1, 0.15) is 10.6 Å². The summed E-state index contributed by atoms with van der Waals surface area (Å²) in [5.41, 5.74) is 2.62. The quantitative estimate of drug-likeness (QED) is 0.406. The molecule has 0 saturated carbocycles. The maximum atomic E-state index is 13.2. The number of benzene rings is 2. The van der Waals surface area contributed by atoms with Gasteiger partial charge < -0.3 is 20.5 Å². The van der Waals surface area contributed by atoms with E-state index in [1.165, 1.54) is 21.5 Å². The lowest BCUT2D eigenvalue weighted by Gasteiger charge is -2.30. The number of aliphatic hydroxyl groups is 1. The molecular weight excluding hydrogens is 480 g/mol. The maximum absolute atomic E-state index is 13.2. The van der Waals surface area contributed by atoms with Gasteiger partial charge in [-0.1, -0.05) is 36.4 Å². The highest BCUT2D eigenvalue weighted by Gasteiger charge is 2.28. The second-order valence-electron chi connectivity index (χ2n) is 9.59. The van der Waals surface area contributed by atoms with Gasteiger partial charge in [-0.15, -0.1) is 0 Å². The van der Waals surface area contributed by atoms with E-state index in [0.717, 1.165) is 39.0 Å². The van der Waals surface area contributed by atoms with Crippen molar-refractivity contribution in [2.75, 3.05) is 52.9 Å². The summed E-state index contributed by atoms with van der Waals surface area (Å²) in [6, 6.07) is 14.7. The molecule has 4 rings (SSSR count). The van der Waals surface area contributed by atoms with Gasteiger partial charge >= 0.3 is 0 Å². The summed E-state index contributed by atoms with van der Waals surface area (Å²) in [4.78, 5) is 14.6. The number of carbonyl (C=O) groups excluding carboxylic acids is 1. The van der Waals surface area contributed by atoms with Crippen LogP contribution in [0.5, 0.6) is 5.75 Å². The first-order valence-electron chi connectivity index (χ1n) is 12.5. The van der Waals surface area contributed by atoms with Gasteiger partial charge in [-0.25, -0.2) is 12.7 Å². The predicted octanol–water partition coefficient (Wildman–Crippen LogP) is 0.831. The number of carbonyl (C=O) groups is 1. The van der Waals surface area contributed by atoms with Crippen LogP contribution in [0.3, 0.4) is 0 Å². The number of hydrogen-bond acceptors (Lipinski definition) is 7. The van der Waals surface area contributed by atoms with Crippen molar-refractivity contribution in [3.8, 4) is 5.75 Å². The molecule has 0 aliphatic carbocycles. The Kier molecular flexibility index (Phi) is 8.97. The number of nitrogens with zero attached hydrogens (tertiary/aromatic N) is 2. The van der Waals surface area contributed by atoms with Crippen LogP contribution in [0, 0.1) is 5.92 Å². The Hall–Kier alpha value is -2.50. The number of nitrogens with one attached hydrogen (secondary N) is 2. The number of fused-ring (bicyclic) bond motifs is 1. The molecule has 0 bridgehead atoms. The van der Waals surface area contributed by atoms with Gasteiger partial charge in [0.05, 0.1) is 6.10 Å². The number of para-hydroxylation sites is 1. The number of sulfonamides is 1. The summed E-state index contributed by atoms with van der Waals surface area (Å²) >= 11 is 0.